The topological polar surface area (TPSA) is 98.0 Å². The molecule has 0 unspecified atom stereocenters. The van der Waals surface area contributed by atoms with Gasteiger partial charge in [-0.2, -0.15) is 0 Å². The molecule has 152 valence electrons. The van der Waals surface area contributed by atoms with Gasteiger partial charge in [-0.25, -0.2) is 0 Å². The summed E-state index contributed by atoms with van der Waals surface area (Å²) in [6, 6.07) is 6.60. The molecule has 1 aromatic carbocycles. The predicted molar refractivity (Wildman–Crippen MR) is 112 cm³/mol. The first-order chi connectivity index (χ1) is 14.0. The summed E-state index contributed by atoms with van der Waals surface area (Å²) in [6.07, 6.45) is 7.01. The van der Waals surface area contributed by atoms with Crippen molar-refractivity contribution < 1.29 is 9.72 Å². The smallest absolute Gasteiger partial charge is 0.269 e. The molecule has 9 heteroatoms. The lowest BCUT2D eigenvalue weighted by Crippen LogP contribution is -2.51. The fourth-order valence-electron chi connectivity index (χ4n) is 5.84. The van der Waals surface area contributed by atoms with Crippen LogP contribution in [0, 0.1) is 33.3 Å². The van der Waals surface area contributed by atoms with Gasteiger partial charge < -0.3 is 5.32 Å². The molecule has 0 atom stereocenters. The first-order valence-electron chi connectivity index (χ1n) is 10.0. The quantitative estimate of drug-likeness (QED) is 0.303. The van der Waals surface area contributed by atoms with E-state index < -0.39 is 4.92 Å². The zero-order valence-electron chi connectivity index (χ0n) is 15.9. The average molecular weight is 431 g/mol. The number of hydrogen-bond acceptors (Lipinski definition) is 7. The molecule has 0 spiro atoms. The number of nitro groups is 1. The van der Waals surface area contributed by atoms with Gasteiger partial charge in [-0.3, -0.25) is 14.9 Å². The number of thioether (sulfide) groups is 1. The van der Waals surface area contributed by atoms with Crippen molar-refractivity contribution in [1.82, 2.24) is 10.2 Å². The van der Waals surface area contributed by atoms with Crippen LogP contribution < -0.4 is 5.32 Å². The molecule has 29 heavy (non-hydrogen) atoms. The Morgan fingerprint density at radius 2 is 1.90 bits per heavy atom. The Bertz CT molecular complexity index is 925. The molecule has 4 fully saturated rings. The number of nitrogens with zero attached hydrogens (tertiary/aromatic N) is 3. The van der Waals surface area contributed by atoms with Crippen LogP contribution in [0.2, 0.25) is 0 Å². The van der Waals surface area contributed by atoms with Crippen molar-refractivity contribution in [2.24, 2.45) is 23.2 Å². The second-order valence-corrected chi connectivity index (χ2v) is 10.9. The number of hydrogen-bond donors (Lipinski definition) is 1. The number of anilines is 1. The van der Waals surface area contributed by atoms with Crippen molar-refractivity contribution in [1.29, 1.82) is 0 Å². The van der Waals surface area contributed by atoms with Crippen molar-refractivity contribution >= 4 is 39.8 Å². The van der Waals surface area contributed by atoms with Crippen LogP contribution in [0.4, 0.5) is 10.8 Å². The number of aromatic nitrogens is 2. The van der Waals surface area contributed by atoms with Gasteiger partial charge in [0.05, 0.1) is 10.3 Å². The molecule has 2 aromatic rings. The predicted octanol–water partition coefficient (Wildman–Crippen LogP) is 4.89. The van der Waals surface area contributed by atoms with Gasteiger partial charge >= 0.3 is 0 Å². The minimum atomic E-state index is -0.392. The second-order valence-electron chi connectivity index (χ2n) is 8.74. The molecule has 1 N–H and O–H groups in total. The largest absolute Gasteiger partial charge is 0.300 e. The number of amides is 1. The fourth-order valence-corrected chi connectivity index (χ4v) is 7.53. The van der Waals surface area contributed by atoms with Gasteiger partial charge in [-0.05, 0) is 61.8 Å². The summed E-state index contributed by atoms with van der Waals surface area (Å²) in [7, 11) is 0. The molecule has 1 heterocycles. The monoisotopic (exact) mass is 430 g/mol. The van der Waals surface area contributed by atoms with Crippen molar-refractivity contribution in [2.75, 3.05) is 5.32 Å². The van der Waals surface area contributed by atoms with Gasteiger partial charge in [0.2, 0.25) is 11.0 Å². The van der Waals surface area contributed by atoms with E-state index in [0.29, 0.717) is 10.9 Å². The Balaban J connectivity index is 1.21. The van der Waals surface area contributed by atoms with E-state index in [1.165, 1.54) is 48.4 Å². The van der Waals surface area contributed by atoms with E-state index in [9.17, 15) is 14.9 Å². The van der Waals surface area contributed by atoms with Crippen LogP contribution in [-0.4, -0.2) is 21.0 Å². The van der Waals surface area contributed by atoms with Crippen molar-refractivity contribution in [3.63, 3.8) is 0 Å². The lowest BCUT2D eigenvalue weighted by atomic mass is 9.49. The first-order valence-corrected chi connectivity index (χ1v) is 11.8. The summed E-state index contributed by atoms with van der Waals surface area (Å²) in [6.45, 7) is 0. The van der Waals surface area contributed by atoms with E-state index in [0.717, 1.165) is 46.9 Å². The van der Waals surface area contributed by atoms with Crippen LogP contribution in [0.15, 0.2) is 28.6 Å². The van der Waals surface area contributed by atoms with Crippen LogP contribution in [0.3, 0.4) is 0 Å². The molecule has 1 aromatic heterocycles. The van der Waals surface area contributed by atoms with E-state index >= 15 is 0 Å². The molecule has 4 saturated carbocycles. The molecular formula is C20H22N4O3S2. The van der Waals surface area contributed by atoms with Gasteiger partial charge in [0, 0.05) is 17.9 Å². The molecule has 0 radical (unpaired) electrons. The van der Waals surface area contributed by atoms with Crippen LogP contribution in [0.1, 0.15) is 44.1 Å². The maximum atomic E-state index is 13.1. The summed E-state index contributed by atoms with van der Waals surface area (Å²) < 4.78 is 0.748. The lowest BCUT2D eigenvalue weighted by molar-refractivity contribution is -0.384. The number of carbonyl (C=O) groups is 1. The molecular weight excluding hydrogens is 408 g/mol. The molecule has 4 aliphatic rings. The standard InChI is InChI=1S/C20H22N4O3S2/c25-17(20-8-13-4-14(9-20)6-15(5-13)10-20)21-18-22-23-19(29-18)28-11-12-2-1-3-16(7-12)24(26)27/h1-3,7,13-15H,4-6,8-11H2,(H,21,22,25). The van der Waals surface area contributed by atoms with E-state index in [-0.39, 0.29) is 17.0 Å². The van der Waals surface area contributed by atoms with Gasteiger partial charge in [-0.1, -0.05) is 35.2 Å². The highest BCUT2D eigenvalue weighted by molar-refractivity contribution is 8.00. The lowest BCUT2D eigenvalue weighted by Gasteiger charge is -2.55. The van der Waals surface area contributed by atoms with Crippen molar-refractivity contribution in [2.45, 2.75) is 48.6 Å². The van der Waals surface area contributed by atoms with Crippen LogP contribution in [0.25, 0.3) is 0 Å². The van der Waals surface area contributed by atoms with E-state index in [2.05, 4.69) is 15.5 Å². The number of carbonyl (C=O) groups excluding carboxylic acids is 1. The second kappa shape index (κ2) is 7.36. The summed E-state index contributed by atoms with van der Waals surface area (Å²) >= 11 is 2.84. The zero-order chi connectivity index (χ0) is 20.0. The van der Waals surface area contributed by atoms with E-state index in [1.54, 1.807) is 12.1 Å². The molecule has 0 aliphatic heterocycles. The molecule has 4 bridgehead atoms. The van der Waals surface area contributed by atoms with Crippen LogP contribution >= 0.6 is 23.1 Å². The van der Waals surface area contributed by atoms with E-state index in [1.807, 2.05) is 6.07 Å². The van der Waals surface area contributed by atoms with Gasteiger partial charge in [-0.15, -0.1) is 10.2 Å². The third-order valence-corrected chi connectivity index (χ3v) is 8.67. The van der Waals surface area contributed by atoms with Crippen LogP contribution in [0.5, 0.6) is 0 Å². The SMILES string of the molecule is O=C(Nc1nnc(SCc2cccc([N+](=O)[O-])c2)s1)C12CC3CC(CC(C3)C1)C2. The highest BCUT2D eigenvalue weighted by Crippen LogP contribution is 2.60. The first kappa shape index (κ1) is 19.0. The molecule has 4 aliphatic carbocycles. The summed E-state index contributed by atoms with van der Waals surface area (Å²) in [5, 5.41) is 22.8. The van der Waals surface area contributed by atoms with Crippen molar-refractivity contribution in [3.8, 4) is 0 Å². The van der Waals surface area contributed by atoms with Gasteiger partial charge in [0.1, 0.15) is 0 Å². The van der Waals surface area contributed by atoms with Crippen molar-refractivity contribution in [3.05, 3.63) is 39.9 Å². The Kier molecular flexibility index (Phi) is 4.82. The van der Waals surface area contributed by atoms with E-state index in [4.69, 9.17) is 0 Å². The highest BCUT2D eigenvalue weighted by atomic mass is 32.2. The fraction of sp³-hybridized carbons (Fsp3) is 0.550. The number of nitro benzene ring substituents is 1. The third kappa shape index (κ3) is 3.77. The minimum absolute atomic E-state index is 0.0869. The number of non-ortho nitro benzene ring substituents is 1. The highest BCUT2D eigenvalue weighted by Gasteiger charge is 2.54. The Hall–Kier alpha value is -2.00. The third-order valence-electron chi connectivity index (χ3n) is 6.63. The van der Waals surface area contributed by atoms with Gasteiger partial charge in [0.15, 0.2) is 4.34 Å². The normalized spacial score (nSPS) is 29.7. The van der Waals surface area contributed by atoms with Gasteiger partial charge in [0.25, 0.3) is 5.69 Å². The number of nitrogens with one attached hydrogen (secondary N) is 1. The maximum Gasteiger partial charge on any atom is 0.269 e. The molecule has 1 amide bonds. The Morgan fingerprint density at radius 3 is 2.55 bits per heavy atom. The molecule has 6 rings (SSSR count). The number of benzene rings is 1. The average Bonchev–Trinajstić information content (AvgIpc) is 3.13. The summed E-state index contributed by atoms with van der Waals surface area (Å²) in [4.78, 5) is 23.6. The summed E-state index contributed by atoms with van der Waals surface area (Å²) in [5.41, 5.74) is 0.749. The minimum Gasteiger partial charge on any atom is -0.300 e. The zero-order valence-corrected chi connectivity index (χ0v) is 17.5. The number of rotatable bonds is 6. The molecule has 0 saturated heterocycles. The molecule has 7 nitrogen and oxygen atoms in total. The summed E-state index contributed by atoms with van der Waals surface area (Å²) in [5.74, 6) is 2.87. The Labute approximate surface area is 176 Å². The Morgan fingerprint density at radius 1 is 1.21 bits per heavy atom. The maximum absolute atomic E-state index is 13.1. The van der Waals surface area contributed by atoms with Crippen LogP contribution in [-0.2, 0) is 10.5 Å².